The van der Waals surface area contributed by atoms with Crippen molar-refractivity contribution in [1.29, 1.82) is 0 Å². The average Bonchev–Trinajstić information content (AvgIpc) is 2.95. The Bertz CT molecular complexity index is 693. The first-order chi connectivity index (χ1) is 9.29. The van der Waals surface area contributed by atoms with Gasteiger partial charge in [-0.15, -0.1) is 11.3 Å². The molecule has 0 atom stereocenters. The van der Waals surface area contributed by atoms with Crippen LogP contribution in [0.25, 0.3) is 10.2 Å². The van der Waals surface area contributed by atoms with Crippen LogP contribution in [0.5, 0.6) is 5.75 Å². The SMILES string of the molecule is COc1ccc(N(C)c2ncnc3ccsc23)cc1. The van der Waals surface area contributed by atoms with Gasteiger partial charge in [-0.25, -0.2) is 9.97 Å². The summed E-state index contributed by atoms with van der Waals surface area (Å²) < 4.78 is 6.27. The van der Waals surface area contributed by atoms with Gasteiger partial charge in [0, 0.05) is 12.7 Å². The second-order valence-corrected chi connectivity index (χ2v) is 5.01. The third-order valence-corrected chi connectivity index (χ3v) is 3.90. The first-order valence-electron chi connectivity index (χ1n) is 5.85. The maximum Gasteiger partial charge on any atom is 0.154 e. The molecule has 3 rings (SSSR count). The van der Waals surface area contributed by atoms with Crippen molar-refractivity contribution in [2.75, 3.05) is 19.1 Å². The molecule has 3 aromatic rings. The van der Waals surface area contributed by atoms with E-state index in [9.17, 15) is 0 Å². The lowest BCUT2D eigenvalue weighted by molar-refractivity contribution is 0.415. The van der Waals surface area contributed by atoms with Gasteiger partial charge in [-0.1, -0.05) is 0 Å². The van der Waals surface area contributed by atoms with Crippen molar-refractivity contribution in [2.45, 2.75) is 0 Å². The molecule has 0 bridgehead atoms. The van der Waals surface area contributed by atoms with E-state index in [0.29, 0.717) is 0 Å². The number of anilines is 2. The summed E-state index contributed by atoms with van der Waals surface area (Å²) >= 11 is 1.65. The minimum absolute atomic E-state index is 0.848. The second kappa shape index (κ2) is 4.85. The van der Waals surface area contributed by atoms with Gasteiger partial charge >= 0.3 is 0 Å². The Labute approximate surface area is 115 Å². The maximum absolute atomic E-state index is 5.17. The zero-order chi connectivity index (χ0) is 13.2. The predicted molar refractivity (Wildman–Crippen MR) is 78.5 cm³/mol. The Morgan fingerprint density at radius 1 is 1.11 bits per heavy atom. The molecule has 96 valence electrons. The van der Waals surface area contributed by atoms with Crippen LogP contribution in [0, 0.1) is 0 Å². The van der Waals surface area contributed by atoms with Crippen LogP contribution in [0.4, 0.5) is 11.5 Å². The van der Waals surface area contributed by atoms with Crippen LogP contribution < -0.4 is 9.64 Å². The smallest absolute Gasteiger partial charge is 0.154 e. The summed E-state index contributed by atoms with van der Waals surface area (Å²) in [5.41, 5.74) is 2.05. The largest absolute Gasteiger partial charge is 0.497 e. The molecule has 0 saturated heterocycles. The van der Waals surface area contributed by atoms with Crippen LogP contribution >= 0.6 is 11.3 Å². The van der Waals surface area contributed by atoms with Crippen LogP contribution in [-0.2, 0) is 0 Å². The Kier molecular flexibility index (Phi) is 3.05. The molecule has 4 nitrogen and oxygen atoms in total. The number of methoxy groups -OCH3 is 1. The molecule has 0 N–H and O–H groups in total. The number of hydrogen-bond acceptors (Lipinski definition) is 5. The normalized spacial score (nSPS) is 10.6. The van der Waals surface area contributed by atoms with E-state index < -0.39 is 0 Å². The van der Waals surface area contributed by atoms with Gasteiger partial charge in [-0.2, -0.15) is 0 Å². The fourth-order valence-corrected chi connectivity index (χ4v) is 2.81. The molecule has 0 unspecified atom stereocenters. The van der Waals surface area contributed by atoms with E-state index >= 15 is 0 Å². The summed E-state index contributed by atoms with van der Waals surface area (Å²) in [6.45, 7) is 0. The molecule has 0 aliphatic heterocycles. The van der Waals surface area contributed by atoms with E-state index in [4.69, 9.17) is 4.74 Å². The molecule has 2 heterocycles. The first-order valence-corrected chi connectivity index (χ1v) is 6.73. The molecule has 0 aliphatic rings. The number of nitrogens with zero attached hydrogens (tertiary/aromatic N) is 3. The number of fused-ring (bicyclic) bond motifs is 1. The molecule has 0 amide bonds. The molecular weight excluding hydrogens is 258 g/mol. The van der Waals surface area contributed by atoms with Gasteiger partial charge in [0.2, 0.25) is 0 Å². The maximum atomic E-state index is 5.17. The summed E-state index contributed by atoms with van der Waals surface area (Å²) in [4.78, 5) is 10.7. The number of thiophene rings is 1. The molecule has 5 heteroatoms. The van der Waals surface area contributed by atoms with Gasteiger partial charge in [0.15, 0.2) is 5.82 Å². The van der Waals surface area contributed by atoms with Crippen LogP contribution in [0.15, 0.2) is 42.0 Å². The fraction of sp³-hybridized carbons (Fsp3) is 0.143. The first kappa shape index (κ1) is 11.9. The number of hydrogen-bond donors (Lipinski definition) is 0. The summed E-state index contributed by atoms with van der Waals surface area (Å²) in [6, 6.07) is 9.92. The number of aromatic nitrogens is 2. The molecule has 0 fully saturated rings. The minimum atomic E-state index is 0.848. The number of rotatable bonds is 3. The van der Waals surface area contributed by atoms with Crippen molar-refractivity contribution in [3.05, 3.63) is 42.0 Å². The fourth-order valence-electron chi connectivity index (χ4n) is 1.94. The number of benzene rings is 1. The molecular formula is C14H13N3OS. The predicted octanol–water partition coefficient (Wildman–Crippen LogP) is 3.47. The summed E-state index contributed by atoms with van der Waals surface area (Å²) in [6.07, 6.45) is 1.60. The standard InChI is InChI=1S/C14H13N3OS/c1-17(10-3-5-11(18-2)6-4-10)14-13-12(7-8-19-13)15-9-16-14/h3-9H,1-2H3. The summed E-state index contributed by atoms with van der Waals surface area (Å²) in [5, 5.41) is 2.03. The highest BCUT2D eigenvalue weighted by Gasteiger charge is 2.11. The summed E-state index contributed by atoms with van der Waals surface area (Å²) in [5.74, 6) is 1.77. The van der Waals surface area contributed by atoms with Crippen LogP contribution in [-0.4, -0.2) is 24.1 Å². The quantitative estimate of drug-likeness (QED) is 0.731. The van der Waals surface area contributed by atoms with Crippen molar-refractivity contribution < 1.29 is 4.74 Å². The summed E-state index contributed by atoms with van der Waals surface area (Å²) in [7, 11) is 3.67. The molecule has 0 saturated carbocycles. The molecule has 19 heavy (non-hydrogen) atoms. The van der Waals surface area contributed by atoms with E-state index in [1.165, 1.54) is 0 Å². The minimum Gasteiger partial charge on any atom is -0.497 e. The van der Waals surface area contributed by atoms with Crippen molar-refractivity contribution in [3.8, 4) is 5.75 Å². The third-order valence-electron chi connectivity index (χ3n) is 3.00. The Balaban J connectivity index is 2.02. The Morgan fingerprint density at radius 2 is 1.89 bits per heavy atom. The molecule has 0 spiro atoms. The van der Waals surface area contributed by atoms with Crippen molar-refractivity contribution in [3.63, 3.8) is 0 Å². The van der Waals surface area contributed by atoms with Crippen LogP contribution in [0.3, 0.4) is 0 Å². The van der Waals surface area contributed by atoms with Gasteiger partial charge < -0.3 is 9.64 Å². The van der Waals surface area contributed by atoms with Gasteiger partial charge in [0.1, 0.15) is 12.1 Å². The van der Waals surface area contributed by atoms with Gasteiger partial charge in [0.25, 0.3) is 0 Å². The topological polar surface area (TPSA) is 38.2 Å². The lowest BCUT2D eigenvalue weighted by atomic mass is 10.3. The Hall–Kier alpha value is -2.14. The lowest BCUT2D eigenvalue weighted by Gasteiger charge is -2.18. The van der Waals surface area contributed by atoms with Crippen LogP contribution in [0.2, 0.25) is 0 Å². The van der Waals surface area contributed by atoms with E-state index in [1.807, 2.05) is 42.8 Å². The lowest BCUT2D eigenvalue weighted by Crippen LogP contribution is -2.11. The number of ether oxygens (including phenoxy) is 1. The highest BCUT2D eigenvalue weighted by Crippen LogP contribution is 2.31. The monoisotopic (exact) mass is 271 g/mol. The van der Waals surface area contributed by atoms with Gasteiger partial charge in [0.05, 0.1) is 17.3 Å². The third kappa shape index (κ3) is 2.13. The van der Waals surface area contributed by atoms with E-state index in [-0.39, 0.29) is 0 Å². The van der Waals surface area contributed by atoms with Crippen LogP contribution in [0.1, 0.15) is 0 Å². The molecule has 2 aromatic heterocycles. The zero-order valence-corrected chi connectivity index (χ0v) is 11.5. The highest BCUT2D eigenvalue weighted by molar-refractivity contribution is 7.17. The van der Waals surface area contributed by atoms with Gasteiger partial charge in [-0.3, -0.25) is 0 Å². The van der Waals surface area contributed by atoms with E-state index in [2.05, 4.69) is 14.9 Å². The average molecular weight is 271 g/mol. The highest BCUT2D eigenvalue weighted by atomic mass is 32.1. The molecule has 0 radical (unpaired) electrons. The zero-order valence-electron chi connectivity index (χ0n) is 10.7. The van der Waals surface area contributed by atoms with Crippen molar-refractivity contribution >= 4 is 33.1 Å². The van der Waals surface area contributed by atoms with Crippen molar-refractivity contribution in [2.24, 2.45) is 0 Å². The van der Waals surface area contributed by atoms with Gasteiger partial charge in [-0.05, 0) is 35.7 Å². The molecule has 1 aromatic carbocycles. The second-order valence-electron chi connectivity index (χ2n) is 4.09. The van der Waals surface area contributed by atoms with Crippen molar-refractivity contribution in [1.82, 2.24) is 9.97 Å². The van der Waals surface area contributed by atoms with E-state index in [0.717, 1.165) is 27.5 Å². The molecule has 0 aliphatic carbocycles. The van der Waals surface area contributed by atoms with E-state index in [1.54, 1.807) is 24.8 Å². The Morgan fingerprint density at radius 3 is 2.63 bits per heavy atom.